The lowest BCUT2D eigenvalue weighted by atomic mass is 10.3. The van der Waals surface area contributed by atoms with E-state index in [1.807, 2.05) is 19.9 Å². The van der Waals surface area contributed by atoms with Crippen molar-refractivity contribution in [3.8, 4) is 11.5 Å². The summed E-state index contributed by atoms with van der Waals surface area (Å²) < 4.78 is 5.14. The molecule has 0 aliphatic heterocycles. The van der Waals surface area contributed by atoms with E-state index in [0.717, 1.165) is 5.56 Å². The number of nitrogens with zero attached hydrogens (tertiary/aromatic N) is 3. The van der Waals surface area contributed by atoms with Crippen LogP contribution in [-0.2, 0) is 6.42 Å². The van der Waals surface area contributed by atoms with Crippen molar-refractivity contribution in [1.29, 1.82) is 0 Å². The molecule has 0 bridgehead atoms. The van der Waals surface area contributed by atoms with Crippen LogP contribution in [0.1, 0.15) is 19.7 Å². The Bertz CT molecular complexity index is 553. The molecule has 0 spiro atoms. The van der Waals surface area contributed by atoms with Gasteiger partial charge in [0.05, 0.1) is 5.56 Å². The molecule has 2 aromatic rings. The van der Waals surface area contributed by atoms with Crippen LogP contribution in [-0.4, -0.2) is 33.7 Å². The summed E-state index contributed by atoms with van der Waals surface area (Å²) in [5.74, 6) is 0.980. The van der Waals surface area contributed by atoms with Gasteiger partial charge in [-0.05, 0) is 26.0 Å². The summed E-state index contributed by atoms with van der Waals surface area (Å²) in [6.45, 7) is 4.25. The van der Waals surface area contributed by atoms with Gasteiger partial charge in [0.1, 0.15) is 0 Å². The predicted molar refractivity (Wildman–Crippen MR) is 72.9 cm³/mol. The molecule has 0 saturated heterocycles. The second kappa shape index (κ2) is 6.65. The smallest absolute Gasteiger partial charge is 0.314 e. The van der Waals surface area contributed by atoms with Crippen molar-refractivity contribution < 1.29 is 9.32 Å². The topological polar surface area (TPSA) is 92.9 Å². The molecular weight excluding hydrogens is 258 g/mol. The van der Waals surface area contributed by atoms with E-state index in [2.05, 4.69) is 25.8 Å². The highest BCUT2D eigenvalue weighted by Crippen LogP contribution is 2.14. The molecule has 2 aromatic heterocycles. The van der Waals surface area contributed by atoms with E-state index >= 15 is 0 Å². The van der Waals surface area contributed by atoms with E-state index < -0.39 is 0 Å². The summed E-state index contributed by atoms with van der Waals surface area (Å²) in [5.41, 5.74) is 0.775. The Hall–Kier alpha value is -2.44. The summed E-state index contributed by atoms with van der Waals surface area (Å²) in [4.78, 5) is 19.6. The first-order valence-corrected chi connectivity index (χ1v) is 6.42. The van der Waals surface area contributed by atoms with E-state index in [9.17, 15) is 4.79 Å². The zero-order valence-corrected chi connectivity index (χ0v) is 11.5. The largest absolute Gasteiger partial charge is 0.338 e. The van der Waals surface area contributed by atoms with E-state index in [1.165, 1.54) is 0 Å². The zero-order chi connectivity index (χ0) is 14.4. The number of carbonyl (C=O) groups is 1. The van der Waals surface area contributed by atoms with Crippen molar-refractivity contribution >= 4 is 6.03 Å². The second-order valence-electron chi connectivity index (χ2n) is 4.56. The molecule has 0 radical (unpaired) electrons. The molecule has 0 aromatic carbocycles. The van der Waals surface area contributed by atoms with Gasteiger partial charge in [0, 0.05) is 31.4 Å². The Morgan fingerprint density at radius 3 is 3.00 bits per heavy atom. The lowest BCUT2D eigenvalue weighted by Gasteiger charge is -2.08. The first kappa shape index (κ1) is 14.0. The van der Waals surface area contributed by atoms with Gasteiger partial charge in [-0.3, -0.25) is 4.98 Å². The Labute approximate surface area is 116 Å². The maximum absolute atomic E-state index is 11.4. The Balaban J connectivity index is 1.83. The number of hydrogen-bond acceptors (Lipinski definition) is 5. The van der Waals surface area contributed by atoms with E-state index in [4.69, 9.17) is 4.52 Å². The van der Waals surface area contributed by atoms with Gasteiger partial charge in [-0.25, -0.2) is 4.79 Å². The third-order valence-electron chi connectivity index (χ3n) is 2.43. The number of urea groups is 1. The molecule has 0 aliphatic carbocycles. The van der Waals surface area contributed by atoms with Crippen molar-refractivity contribution in [3.05, 3.63) is 30.4 Å². The van der Waals surface area contributed by atoms with Crippen LogP contribution in [0.3, 0.4) is 0 Å². The molecule has 7 nitrogen and oxygen atoms in total. The normalized spacial score (nSPS) is 10.6. The van der Waals surface area contributed by atoms with Crippen LogP contribution >= 0.6 is 0 Å². The Morgan fingerprint density at radius 2 is 2.30 bits per heavy atom. The van der Waals surface area contributed by atoms with Crippen molar-refractivity contribution in [2.24, 2.45) is 0 Å². The minimum absolute atomic E-state index is 0.109. The highest BCUT2D eigenvalue weighted by atomic mass is 16.5. The van der Waals surface area contributed by atoms with Crippen LogP contribution in [0.2, 0.25) is 0 Å². The molecule has 7 heteroatoms. The van der Waals surface area contributed by atoms with E-state index in [-0.39, 0.29) is 12.1 Å². The Kier molecular flexibility index (Phi) is 4.65. The van der Waals surface area contributed by atoms with Gasteiger partial charge in [-0.2, -0.15) is 4.98 Å². The number of aromatic nitrogens is 3. The highest BCUT2D eigenvalue weighted by molar-refractivity contribution is 5.74. The van der Waals surface area contributed by atoms with Gasteiger partial charge >= 0.3 is 6.03 Å². The van der Waals surface area contributed by atoms with Gasteiger partial charge in [0.25, 0.3) is 5.89 Å². The molecule has 2 heterocycles. The summed E-state index contributed by atoms with van der Waals surface area (Å²) >= 11 is 0. The summed E-state index contributed by atoms with van der Waals surface area (Å²) in [5, 5.41) is 9.33. The third-order valence-corrected chi connectivity index (χ3v) is 2.43. The molecule has 2 amide bonds. The summed E-state index contributed by atoms with van der Waals surface area (Å²) in [6, 6.07) is 3.56. The lowest BCUT2D eigenvalue weighted by Crippen LogP contribution is -2.40. The number of amides is 2. The maximum Gasteiger partial charge on any atom is 0.314 e. The maximum atomic E-state index is 11.4. The molecule has 0 fully saturated rings. The van der Waals surface area contributed by atoms with Gasteiger partial charge in [-0.1, -0.05) is 5.16 Å². The molecule has 0 saturated carbocycles. The van der Waals surface area contributed by atoms with Gasteiger partial charge < -0.3 is 15.2 Å². The minimum Gasteiger partial charge on any atom is -0.338 e. The van der Waals surface area contributed by atoms with Gasteiger partial charge in [0.15, 0.2) is 5.82 Å². The van der Waals surface area contributed by atoms with Crippen molar-refractivity contribution in [2.45, 2.75) is 26.3 Å². The first-order valence-electron chi connectivity index (χ1n) is 6.42. The van der Waals surface area contributed by atoms with Crippen LogP contribution in [0.15, 0.2) is 29.0 Å². The molecule has 106 valence electrons. The zero-order valence-electron chi connectivity index (χ0n) is 11.5. The number of hydrogen-bond donors (Lipinski definition) is 2. The second-order valence-corrected chi connectivity index (χ2v) is 4.56. The van der Waals surface area contributed by atoms with Crippen molar-refractivity contribution in [1.82, 2.24) is 25.8 Å². The quantitative estimate of drug-likeness (QED) is 0.860. The lowest BCUT2D eigenvalue weighted by molar-refractivity contribution is 0.238. The fourth-order valence-corrected chi connectivity index (χ4v) is 1.56. The molecule has 0 atom stereocenters. The van der Waals surface area contributed by atoms with Crippen LogP contribution < -0.4 is 10.6 Å². The average Bonchev–Trinajstić information content (AvgIpc) is 2.88. The van der Waals surface area contributed by atoms with E-state index in [0.29, 0.717) is 24.7 Å². The van der Waals surface area contributed by atoms with Crippen LogP contribution in [0, 0.1) is 0 Å². The fraction of sp³-hybridized carbons (Fsp3) is 0.385. The van der Waals surface area contributed by atoms with Crippen LogP contribution in [0.5, 0.6) is 0 Å². The van der Waals surface area contributed by atoms with Crippen molar-refractivity contribution in [2.75, 3.05) is 6.54 Å². The van der Waals surface area contributed by atoms with Gasteiger partial charge in [-0.15, -0.1) is 0 Å². The van der Waals surface area contributed by atoms with Crippen LogP contribution in [0.4, 0.5) is 4.79 Å². The highest BCUT2D eigenvalue weighted by Gasteiger charge is 2.09. The van der Waals surface area contributed by atoms with Crippen LogP contribution in [0.25, 0.3) is 11.5 Å². The Morgan fingerprint density at radius 1 is 1.45 bits per heavy atom. The number of nitrogens with one attached hydrogen (secondary N) is 2. The predicted octanol–water partition coefficient (Wildman–Crippen LogP) is 1.38. The van der Waals surface area contributed by atoms with Crippen molar-refractivity contribution in [3.63, 3.8) is 0 Å². The summed E-state index contributed by atoms with van der Waals surface area (Å²) in [6.07, 6.45) is 3.85. The third kappa shape index (κ3) is 4.04. The minimum atomic E-state index is -0.198. The SMILES string of the molecule is CC(C)NC(=O)NCCc1noc(-c2cccnc2)n1. The van der Waals surface area contributed by atoms with E-state index in [1.54, 1.807) is 18.5 Å². The fourth-order valence-electron chi connectivity index (χ4n) is 1.56. The number of pyridine rings is 1. The number of carbonyl (C=O) groups excluding carboxylic acids is 1. The first-order chi connectivity index (χ1) is 9.65. The molecule has 0 aliphatic rings. The molecule has 0 unspecified atom stereocenters. The average molecular weight is 275 g/mol. The number of rotatable bonds is 5. The standard InChI is InChI=1S/C13H17N5O2/c1-9(2)16-13(19)15-7-5-11-17-12(20-18-11)10-4-3-6-14-8-10/h3-4,6,8-9H,5,7H2,1-2H3,(H2,15,16,19). The van der Waals surface area contributed by atoms with Gasteiger partial charge in [0.2, 0.25) is 0 Å². The molecule has 20 heavy (non-hydrogen) atoms. The molecule has 2 N–H and O–H groups in total. The molecule has 2 rings (SSSR count). The monoisotopic (exact) mass is 275 g/mol. The molecular formula is C13H17N5O2. The summed E-state index contributed by atoms with van der Waals surface area (Å²) in [7, 11) is 0.